The van der Waals surface area contributed by atoms with Crippen molar-refractivity contribution >= 4 is 34.5 Å². The maximum Gasteiger partial charge on any atom is 0.330 e. The second-order valence-corrected chi connectivity index (χ2v) is 8.27. The zero-order valence-electron chi connectivity index (χ0n) is 13.6. The molecule has 0 unspecified atom stereocenters. The Labute approximate surface area is 146 Å². The SMILES string of the molecule is Cc1c(Br)ccc(S)c1C1CCN(OC(=O)C(C)(C)C)CC1. The molecule has 1 fully saturated rings. The van der Waals surface area contributed by atoms with Gasteiger partial charge in [-0.2, -0.15) is 0 Å². The summed E-state index contributed by atoms with van der Waals surface area (Å²) in [6.45, 7) is 9.29. The molecule has 0 bridgehead atoms. The van der Waals surface area contributed by atoms with Crippen molar-refractivity contribution in [2.24, 2.45) is 5.41 Å². The summed E-state index contributed by atoms with van der Waals surface area (Å²) in [5.74, 6) is 0.300. The fraction of sp³-hybridized carbons (Fsp3) is 0.588. The van der Waals surface area contributed by atoms with Crippen LogP contribution in [0.25, 0.3) is 0 Å². The Morgan fingerprint density at radius 2 is 1.91 bits per heavy atom. The van der Waals surface area contributed by atoms with Gasteiger partial charge in [0.25, 0.3) is 0 Å². The van der Waals surface area contributed by atoms with Gasteiger partial charge < -0.3 is 4.84 Å². The molecule has 5 heteroatoms. The van der Waals surface area contributed by atoms with Gasteiger partial charge in [0.2, 0.25) is 0 Å². The van der Waals surface area contributed by atoms with Crippen molar-refractivity contribution in [3.05, 3.63) is 27.7 Å². The highest BCUT2D eigenvalue weighted by molar-refractivity contribution is 9.10. The average molecular weight is 386 g/mol. The number of hydroxylamine groups is 2. The molecule has 0 spiro atoms. The van der Waals surface area contributed by atoms with Crippen LogP contribution in [0.1, 0.15) is 50.7 Å². The topological polar surface area (TPSA) is 29.5 Å². The van der Waals surface area contributed by atoms with E-state index < -0.39 is 5.41 Å². The molecule has 1 saturated heterocycles. The van der Waals surface area contributed by atoms with Crippen molar-refractivity contribution in [3.8, 4) is 0 Å². The van der Waals surface area contributed by atoms with Crippen LogP contribution in [0.5, 0.6) is 0 Å². The monoisotopic (exact) mass is 385 g/mol. The maximum atomic E-state index is 12.0. The number of benzene rings is 1. The van der Waals surface area contributed by atoms with E-state index in [4.69, 9.17) is 4.84 Å². The number of carbonyl (C=O) groups excluding carboxylic acids is 1. The van der Waals surface area contributed by atoms with Gasteiger partial charge in [0.15, 0.2) is 0 Å². The van der Waals surface area contributed by atoms with Crippen LogP contribution in [-0.4, -0.2) is 24.1 Å². The first kappa shape index (κ1) is 17.8. The van der Waals surface area contributed by atoms with Gasteiger partial charge in [-0.05, 0) is 69.7 Å². The predicted molar refractivity (Wildman–Crippen MR) is 95.2 cm³/mol. The normalized spacial score (nSPS) is 17.5. The zero-order valence-corrected chi connectivity index (χ0v) is 16.1. The minimum absolute atomic E-state index is 0.167. The molecule has 0 radical (unpaired) electrons. The van der Waals surface area contributed by atoms with Gasteiger partial charge in [0, 0.05) is 22.5 Å². The van der Waals surface area contributed by atoms with Crippen LogP contribution >= 0.6 is 28.6 Å². The van der Waals surface area contributed by atoms with E-state index in [0.29, 0.717) is 5.92 Å². The molecular formula is C17H24BrNO2S. The summed E-state index contributed by atoms with van der Waals surface area (Å²) in [5.41, 5.74) is 2.12. The number of hydrogen-bond donors (Lipinski definition) is 1. The van der Waals surface area contributed by atoms with Crippen LogP contribution < -0.4 is 0 Å². The molecule has 0 saturated carbocycles. The van der Waals surface area contributed by atoms with Crippen molar-refractivity contribution in [2.75, 3.05) is 13.1 Å². The number of thiol groups is 1. The molecule has 0 atom stereocenters. The van der Waals surface area contributed by atoms with Gasteiger partial charge in [0.1, 0.15) is 0 Å². The second kappa shape index (κ2) is 6.93. The fourth-order valence-corrected chi connectivity index (χ4v) is 3.46. The van der Waals surface area contributed by atoms with Crippen LogP contribution in [-0.2, 0) is 9.63 Å². The van der Waals surface area contributed by atoms with E-state index in [1.54, 1.807) is 5.06 Å². The lowest BCUT2D eigenvalue weighted by Gasteiger charge is -2.33. The Morgan fingerprint density at radius 1 is 1.32 bits per heavy atom. The molecule has 0 aromatic heterocycles. The molecule has 0 N–H and O–H groups in total. The molecule has 3 nitrogen and oxygen atoms in total. The summed E-state index contributed by atoms with van der Waals surface area (Å²) >= 11 is 8.22. The van der Waals surface area contributed by atoms with Crippen LogP contribution in [0.4, 0.5) is 0 Å². The van der Waals surface area contributed by atoms with Crippen molar-refractivity contribution in [1.82, 2.24) is 5.06 Å². The zero-order chi connectivity index (χ0) is 16.5. The standard InChI is InChI=1S/C17H24BrNO2S/c1-11-13(18)5-6-14(22)15(11)12-7-9-19(10-8-12)21-16(20)17(2,3)4/h5-6,12,22H,7-10H2,1-4H3. The minimum Gasteiger partial charge on any atom is -0.367 e. The number of carbonyl (C=O) groups is 1. The van der Waals surface area contributed by atoms with Crippen molar-refractivity contribution in [3.63, 3.8) is 0 Å². The van der Waals surface area contributed by atoms with Gasteiger partial charge >= 0.3 is 5.97 Å². The summed E-state index contributed by atoms with van der Waals surface area (Å²) in [7, 11) is 0. The number of hydrogen-bond acceptors (Lipinski definition) is 4. The van der Waals surface area contributed by atoms with E-state index >= 15 is 0 Å². The van der Waals surface area contributed by atoms with Gasteiger partial charge in [-0.15, -0.1) is 17.7 Å². The molecule has 122 valence electrons. The lowest BCUT2D eigenvalue weighted by molar-refractivity contribution is -0.204. The summed E-state index contributed by atoms with van der Waals surface area (Å²) < 4.78 is 1.13. The summed E-state index contributed by atoms with van der Waals surface area (Å²) in [4.78, 5) is 18.5. The number of rotatable bonds is 2. The third-order valence-corrected chi connectivity index (χ3v) is 5.36. The van der Waals surface area contributed by atoms with Gasteiger partial charge in [-0.3, -0.25) is 0 Å². The first-order valence-electron chi connectivity index (χ1n) is 7.65. The smallest absolute Gasteiger partial charge is 0.330 e. The quantitative estimate of drug-likeness (QED) is 0.746. The molecule has 1 heterocycles. The van der Waals surface area contributed by atoms with Crippen LogP contribution in [0, 0.1) is 12.3 Å². The highest BCUT2D eigenvalue weighted by Gasteiger charge is 2.29. The highest BCUT2D eigenvalue weighted by atomic mass is 79.9. The van der Waals surface area contributed by atoms with Gasteiger partial charge in [-0.1, -0.05) is 15.9 Å². The number of halogens is 1. The maximum absolute atomic E-state index is 12.0. The van der Waals surface area contributed by atoms with E-state index in [2.05, 4.69) is 35.5 Å². The number of nitrogens with zero attached hydrogens (tertiary/aromatic N) is 1. The summed E-state index contributed by atoms with van der Waals surface area (Å²) in [6.07, 6.45) is 1.95. The van der Waals surface area contributed by atoms with Gasteiger partial charge in [-0.25, -0.2) is 4.79 Å². The van der Waals surface area contributed by atoms with Crippen LogP contribution in [0.3, 0.4) is 0 Å². The molecular weight excluding hydrogens is 362 g/mol. The Morgan fingerprint density at radius 3 is 2.45 bits per heavy atom. The fourth-order valence-electron chi connectivity index (χ4n) is 2.69. The van der Waals surface area contributed by atoms with E-state index in [1.807, 2.05) is 32.9 Å². The Bertz CT molecular complexity index is 561. The van der Waals surface area contributed by atoms with E-state index in [-0.39, 0.29) is 5.97 Å². The number of piperidine rings is 1. The first-order chi connectivity index (χ1) is 10.2. The van der Waals surface area contributed by atoms with Crippen molar-refractivity contribution < 1.29 is 9.63 Å². The van der Waals surface area contributed by atoms with Crippen molar-refractivity contribution in [2.45, 2.75) is 51.3 Å². The Kier molecular flexibility index (Phi) is 5.62. The summed E-state index contributed by atoms with van der Waals surface area (Å²) in [5, 5.41) is 1.80. The van der Waals surface area contributed by atoms with E-state index in [9.17, 15) is 4.79 Å². The van der Waals surface area contributed by atoms with Crippen molar-refractivity contribution in [1.29, 1.82) is 0 Å². The molecule has 2 rings (SSSR count). The first-order valence-corrected chi connectivity index (χ1v) is 8.89. The predicted octanol–water partition coefficient (Wildman–Crippen LogP) is 4.73. The van der Waals surface area contributed by atoms with Crippen LogP contribution in [0.2, 0.25) is 0 Å². The molecule has 1 aromatic carbocycles. The molecule has 1 aliphatic rings. The third kappa shape index (κ3) is 4.06. The molecule has 0 aliphatic carbocycles. The third-order valence-electron chi connectivity index (χ3n) is 4.11. The van der Waals surface area contributed by atoms with Gasteiger partial charge in [0.05, 0.1) is 5.41 Å². The second-order valence-electron chi connectivity index (χ2n) is 6.94. The minimum atomic E-state index is -0.462. The lowest BCUT2D eigenvalue weighted by atomic mass is 9.87. The Hall–Kier alpha value is -0.520. The molecule has 1 aromatic rings. The molecule has 22 heavy (non-hydrogen) atoms. The Balaban J connectivity index is 2.01. The summed E-state index contributed by atoms with van der Waals surface area (Å²) in [6, 6.07) is 4.09. The highest BCUT2D eigenvalue weighted by Crippen LogP contribution is 2.37. The van der Waals surface area contributed by atoms with Crippen LogP contribution in [0.15, 0.2) is 21.5 Å². The molecule has 1 aliphatic heterocycles. The lowest BCUT2D eigenvalue weighted by Crippen LogP contribution is -2.38. The molecule has 0 amide bonds. The average Bonchev–Trinajstić information content (AvgIpc) is 2.44. The van der Waals surface area contributed by atoms with E-state index in [0.717, 1.165) is 35.3 Å². The van der Waals surface area contributed by atoms with E-state index in [1.165, 1.54) is 11.1 Å². The largest absolute Gasteiger partial charge is 0.367 e.